The van der Waals surface area contributed by atoms with Gasteiger partial charge >= 0.3 is 0 Å². The molecule has 2 fully saturated rings. The lowest BCUT2D eigenvalue weighted by atomic mass is 9.70. The average Bonchev–Trinajstić information content (AvgIpc) is 2.49. The lowest BCUT2D eigenvalue weighted by Gasteiger charge is -2.38. The fourth-order valence-electron chi connectivity index (χ4n) is 4.42. The first kappa shape index (κ1) is 16.3. The molecule has 0 radical (unpaired) electrons. The zero-order chi connectivity index (χ0) is 14.2. The number of hydrogen-bond acceptors (Lipinski definition) is 1. The van der Waals surface area contributed by atoms with Gasteiger partial charge in [0.25, 0.3) is 0 Å². The fourth-order valence-corrected chi connectivity index (χ4v) is 4.42. The van der Waals surface area contributed by atoms with Crippen LogP contribution in [0.5, 0.6) is 0 Å². The first-order valence-corrected chi connectivity index (χ1v) is 9.01. The SMILES string of the molecule is CCCC1CCC(C2CCCC(OCCCF)C2)CC1. The largest absolute Gasteiger partial charge is 0.378 e. The van der Waals surface area contributed by atoms with Crippen molar-refractivity contribution in [1.29, 1.82) is 0 Å². The van der Waals surface area contributed by atoms with Crippen molar-refractivity contribution in [2.45, 2.75) is 83.7 Å². The molecule has 0 spiro atoms. The third-order valence-corrected chi connectivity index (χ3v) is 5.55. The Morgan fingerprint density at radius 2 is 1.80 bits per heavy atom. The van der Waals surface area contributed by atoms with Crippen LogP contribution in [-0.2, 0) is 4.74 Å². The van der Waals surface area contributed by atoms with Gasteiger partial charge in [0.15, 0.2) is 0 Å². The van der Waals surface area contributed by atoms with Crippen LogP contribution in [0.15, 0.2) is 0 Å². The Labute approximate surface area is 124 Å². The number of halogens is 1. The van der Waals surface area contributed by atoms with Gasteiger partial charge in [-0.2, -0.15) is 0 Å². The van der Waals surface area contributed by atoms with Crippen LogP contribution in [0, 0.1) is 17.8 Å². The third kappa shape index (κ3) is 5.02. The van der Waals surface area contributed by atoms with Crippen molar-refractivity contribution in [3.8, 4) is 0 Å². The molecule has 0 bridgehead atoms. The van der Waals surface area contributed by atoms with E-state index in [-0.39, 0.29) is 6.67 Å². The van der Waals surface area contributed by atoms with Gasteiger partial charge in [-0.1, -0.05) is 39.0 Å². The van der Waals surface area contributed by atoms with Crippen LogP contribution >= 0.6 is 0 Å². The molecule has 2 aliphatic rings. The topological polar surface area (TPSA) is 9.23 Å². The van der Waals surface area contributed by atoms with E-state index >= 15 is 0 Å². The molecule has 2 rings (SSSR count). The molecular weight excluding hydrogens is 251 g/mol. The molecule has 20 heavy (non-hydrogen) atoms. The Hall–Kier alpha value is -0.110. The predicted molar refractivity (Wildman–Crippen MR) is 82.6 cm³/mol. The van der Waals surface area contributed by atoms with Crippen molar-refractivity contribution in [2.75, 3.05) is 13.3 Å². The number of rotatable bonds is 7. The number of ether oxygens (including phenoxy) is 1. The van der Waals surface area contributed by atoms with E-state index in [1.807, 2.05) is 0 Å². The second-order valence-corrected chi connectivity index (χ2v) is 7.03. The zero-order valence-electron chi connectivity index (χ0n) is 13.3. The maximum absolute atomic E-state index is 12.1. The molecule has 0 aromatic rings. The van der Waals surface area contributed by atoms with Crippen LogP contribution in [0.4, 0.5) is 4.39 Å². The highest BCUT2D eigenvalue weighted by Gasteiger charge is 2.31. The molecule has 0 aliphatic heterocycles. The van der Waals surface area contributed by atoms with Crippen molar-refractivity contribution in [3.63, 3.8) is 0 Å². The highest BCUT2D eigenvalue weighted by Crippen LogP contribution is 2.41. The first-order valence-electron chi connectivity index (χ1n) is 9.01. The van der Waals surface area contributed by atoms with Crippen LogP contribution in [0.2, 0.25) is 0 Å². The summed E-state index contributed by atoms with van der Waals surface area (Å²) < 4.78 is 18.0. The third-order valence-electron chi connectivity index (χ3n) is 5.55. The molecule has 2 heteroatoms. The molecule has 0 aromatic heterocycles. The van der Waals surface area contributed by atoms with Crippen molar-refractivity contribution < 1.29 is 9.13 Å². The fraction of sp³-hybridized carbons (Fsp3) is 1.00. The van der Waals surface area contributed by atoms with E-state index < -0.39 is 0 Å². The Morgan fingerprint density at radius 1 is 1.00 bits per heavy atom. The molecule has 2 atom stereocenters. The van der Waals surface area contributed by atoms with E-state index in [1.54, 1.807) is 0 Å². The summed E-state index contributed by atoms with van der Waals surface area (Å²) in [6.07, 6.45) is 14.8. The van der Waals surface area contributed by atoms with E-state index in [1.165, 1.54) is 64.2 Å². The summed E-state index contributed by atoms with van der Waals surface area (Å²) >= 11 is 0. The van der Waals surface area contributed by atoms with Crippen LogP contribution in [0.3, 0.4) is 0 Å². The van der Waals surface area contributed by atoms with Crippen LogP contribution in [0.1, 0.15) is 77.6 Å². The summed E-state index contributed by atoms with van der Waals surface area (Å²) in [6.45, 7) is 2.70. The standard InChI is InChI=1S/C18H33FO/c1-2-5-15-8-10-16(11-9-15)17-6-3-7-18(14-17)20-13-4-12-19/h15-18H,2-14H2,1H3. The van der Waals surface area contributed by atoms with Gasteiger partial charge in [-0.3, -0.25) is 4.39 Å². The van der Waals surface area contributed by atoms with Gasteiger partial charge in [-0.15, -0.1) is 0 Å². The van der Waals surface area contributed by atoms with E-state index in [9.17, 15) is 4.39 Å². The van der Waals surface area contributed by atoms with Crippen molar-refractivity contribution in [1.82, 2.24) is 0 Å². The lowest BCUT2D eigenvalue weighted by molar-refractivity contribution is -0.00447. The Balaban J connectivity index is 1.70. The number of alkyl halides is 1. The molecule has 0 amide bonds. The molecule has 1 nitrogen and oxygen atoms in total. The average molecular weight is 284 g/mol. The zero-order valence-corrected chi connectivity index (χ0v) is 13.3. The molecule has 118 valence electrons. The molecule has 0 N–H and O–H groups in total. The van der Waals surface area contributed by atoms with Gasteiger partial charge in [-0.05, 0) is 56.3 Å². The summed E-state index contributed by atoms with van der Waals surface area (Å²) in [5.41, 5.74) is 0. The normalized spacial score (nSPS) is 35.1. The monoisotopic (exact) mass is 284 g/mol. The maximum Gasteiger partial charge on any atom is 0.0916 e. The van der Waals surface area contributed by atoms with Gasteiger partial charge in [0, 0.05) is 6.61 Å². The smallest absolute Gasteiger partial charge is 0.0916 e. The summed E-state index contributed by atoms with van der Waals surface area (Å²) in [7, 11) is 0. The van der Waals surface area contributed by atoms with E-state index in [4.69, 9.17) is 4.74 Å². The van der Waals surface area contributed by atoms with Crippen LogP contribution in [-0.4, -0.2) is 19.4 Å². The summed E-state index contributed by atoms with van der Waals surface area (Å²) in [4.78, 5) is 0. The van der Waals surface area contributed by atoms with Crippen molar-refractivity contribution in [2.24, 2.45) is 17.8 Å². The van der Waals surface area contributed by atoms with Gasteiger partial charge in [0.2, 0.25) is 0 Å². The quantitative estimate of drug-likeness (QED) is 0.559. The second-order valence-electron chi connectivity index (χ2n) is 7.03. The molecule has 2 aliphatic carbocycles. The van der Waals surface area contributed by atoms with Gasteiger partial charge in [0.05, 0.1) is 12.8 Å². The van der Waals surface area contributed by atoms with E-state index in [0.29, 0.717) is 19.1 Å². The Morgan fingerprint density at radius 3 is 2.50 bits per heavy atom. The van der Waals surface area contributed by atoms with Crippen LogP contribution < -0.4 is 0 Å². The molecule has 2 saturated carbocycles. The van der Waals surface area contributed by atoms with Crippen molar-refractivity contribution in [3.05, 3.63) is 0 Å². The van der Waals surface area contributed by atoms with E-state index in [0.717, 1.165) is 17.8 Å². The molecule has 0 aromatic carbocycles. The van der Waals surface area contributed by atoms with E-state index in [2.05, 4.69) is 6.92 Å². The molecule has 2 unspecified atom stereocenters. The molecular formula is C18H33FO. The lowest BCUT2D eigenvalue weighted by Crippen LogP contribution is -2.30. The van der Waals surface area contributed by atoms with Gasteiger partial charge in [0.1, 0.15) is 0 Å². The maximum atomic E-state index is 12.1. The summed E-state index contributed by atoms with van der Waals surface area (Å²) in [5, 5.41) is 0. The Bertz CT molecular complexity index is 248. The second kappa shape index (κ2) is 9.02. The summed E-state index contributed by atoms with van der Waals surface area (Å²) in [5.74, 6) is 2.86. The van der Waals surface area contributed by atoms with Gasteiger partial charge < -0.3 is 4.74 Å². The van der Waals surface area contributed by atoms with Crippen LogP contribution in [0.25, 0.3) is 0 Å². The Kier molecular flexibility index (Phi) is 7.33. The number of hydrogen-bond donors (Lipinski definition) is 0. The minimum Gasteiger partial charge on any atom is -0.378 e. The van der Waals surface area contributed by atoms with Gasteiger partial charge in [-0.25, -0.2) is 0 Å². The highest BCUT2D eigenvalue weighted by molar-refractivity contribution is 4.82. The molecule has 0 saturated heterocycles. The van der Waals surface area contributed by atoms with Crippen molar-refractivity contribution >= 4 is 0 Å². The predicted octanol–water partition coefficient (Wildman–Crippen LogP) is 5.53. The minimum absolute atomic E-state index is 0.239. The highest BCUT2D eigenvalue weighted by atomic mass is 19.1. The minimum atomic E-state index is -0.239. The molecule has 0 heterocycles. The first-order chi connectivity index (χ1) is 9.83. The summed E-state index contributed by atoms with van der Waals surface area (Å²) in [6, 6.07) is 0.